The van der Waals surface area contributed by atoms with Gasteiger partial charge in [0.05, 0.1) is 6.61 Å². The molecular weight excluding hydrogens is 501 g/mol. The molecule has 1 aliphatic heterocycles. The predicted molar refractivity (Wildman–Crippen MR) is 145 cm³/mol. The van der Waals surface area contributed by atoms with Crippen LogP contribution in [0, 0.1) is 5.82 Å². The summed E-state index contributed by atoms with van der Waals surface area (Å²) in [7, 11) is 0. The predicted octanol–water partition coefficient (Wildman–Crippen LogP) is 5.39. The van der Waals surface area contributed by atoms with Crippen LogP contribution in [0.2, 0.25) is 5.02 Å². The van der Waals surface area contributed by atoms with Gasteiger partial charge < -0.3 is 24.6 Å². The Kier molecular flexibility index (Phi) is 8.61. The molecule has 1 heterocycles. The van der Waals surface area contributed by atoms with Gasteiger partial charge in [-0.05, 0) is 67.6 Å². The lowest BCUT2D eigenvalue weighted by molar-refractivity contribution is -0.118. The first kappa shape index (κ1) is 25.7. The van der Waals surface area contributed by atoms with Crippen molar-refractivity contribution < 1.29 is 18.7 Å². The van der Waals surface area contributed by atoms with Crippen molar-refractivity contribution in [1.82, 2.24) is 4.90 Å². The normalized spacial score (nSPS) is 13.3. The zero-order valence-electron chi connectivity index (χ0n) is 19.9. The van der Waals surface area contributed by atoms with Crippen molar-refractivity contribution in [3.63, 3.8) is 0 Å². The van der Waals surface area contributed by atoms with Crippen molar-refractivity contribution in [3.05, 3.63) is 83.1 Å². The van der Waals surface area contributed by atoms with Gasteiger partial charge in [-0.2, -0.15) is 0 Å². The smallest absolute Gasteiger partial charge is 0.262 e. The van der Waals surface area contributed by atoms with Crippen LogP contribution in [0.3, 0.4) is 0 Å². The molecule has 0 atom stereocenters. The van der Waals surface area contributed by atoms with Crippen molar-refractivity contribution in [2.75, 3.05) is 49.6 Å². The molecular formula is C27H27ClFN3O3S. The van der Waals surface area contributed by atoms with Crippen LogP contribution >= 0.6 is 23.8 Å². The van der Waals surface area contributed by atoms with Gasteiger partial charge in [-0.25, -0.2) is 4.39 Å². The standard InChI is InChI=1S/C27H27ClFN3O3S/c1-2-34-25-16-19(6-11-24(25)35-18-26(33)30-22-5-3-4-20(28)17-22)27(36)32-14-12-31(13-15-32)23-9-7-21(29)8-10-23/h3-11,16-17H,2,12-15,18H2,1H3,(H,30,33). The number of carbonyl (C=O) groups is 1. The second kappa shape index (κ2) is 12.1. The fourth-order valence-electron chi connectivity index (χ4n) is 3.94. The van der Waals surface area contributed by atoms with Gasteiger partial charge in [0.15, 0.2) is 18.1 Å². The molecule has 1 saturated heterocycles. The van der Waals surface area contributed by atoms with E-state index in [4.69, 9.17) is 33.3 Å². The van der Waals surface area contributed by atoms with Gasteiger partial charge in [0.2, 0.25) is 0 Å². The summed E-state index contributed by atoms with van der Waals surface area (Å²) in [6.07, 6.45) is 0. The number of nitrogens with zero attached hydrogens (tertiary/aromatic N) is 2. The maximum Gasteiger partial charge on any atom is 0.262 e. The zero-order valence-corrected chi connectivity index (χ0v) is 21.4. The van der Waals surface area contributed by atoms with E-state index in [9.17, 15) is 9.18 Å². The van der Waals surface area contributed by atoms with Gasteiger partial charge in [0.25, 0.3) is 5.91 Å². The second-order valence-electron chi connectivity index (χ2n) is 8.20. The highest BCUT2D eigenvalue weighted by molar-refractivity contribution is 7.80. The molecule has 36 heavy (non-hydrogen) atoms. The van der Waals surface area contributed by atoms with Crippen LogP contribution in [0.5, 0.6) is 11.5 Å². The molecule has 0 radical (unpaired) electrons. The molecule has 1 N–H and O–H groups in total. The molecule has 3 aromatic carbocycles. The Hall–Kier alpha value is -3.36. The van der Waals surface area contributed by atoms with E-state index < -0.39 is 0 Å². The van der Waals surface area contributed by atoms with Crippen LogP contribution in [-0.2, 0) is 4.79 Å². The third kappa shape index (κ3) is 6.65. The molecule has 0 saturated carbocycles. The highest BCUT2D eigenvalue weighted by Gasteiger charge is 2.21. The first-order chi connectivity index (χ1) is 17.4. The SMILES string of the molecule is CCOc1cc(C(=S)N2CCN(c3ccc(F)cc3)CC2)ccc1OCC(=O)Nc1cccc(Cl)c1. The summed E-state index contributed by atoms with van der Waals surface area (Å²) in [4.78, 5) is 17.4. The van der Waals surface area contributed by atoms with E-state index in [2.05, 4.69) is 15.1 Å². The summed E-state index contributed by atoms with van der Waals surface area (Å²) in [5, 5.41) is 3.29. The number of thiocarbonyl (C=S) groups is 1. The summed E-state index contributed by atoms with van der Waals surface area (Å²) in [5.41, 5.74) is 2.45. The number of amides is 1. The van der Waals surface area contributed by atoms with E-state index in [-0.39, 0.29) is 18.3 Å². The van der Waals surface area contributed by atoms with E-state index in [0.29, 0.717) is 28.8 Å². The van der Waals surface area contributed by atoms with E-state index in [1.54, 1.807) is 42.5 Å². The first-order valence-corrected chi connectivity index (χ1v) is 12.5. The molecule has 1 aliphatic rings. The van der Waals surface area contributed by atoms with E-state index in [1.165, 1.54) is 12.1 Å². The molecule has 0 bridgehead atoms. The summed E-state index contributed by atoms with van der Waals surface area (Å²) in [6, 6.07) is 19.0. The number of rotatable bonds is 8. The van der Waals surface area contributed by atoms with Crippen molar-refractivity contribution in [1.29, 1.82) is 0 Å². The highest BCUT2D eigenvalue weighted by Crippen LogP contribution is 2.30. The summed E-state index contributed by atoms with van der Waals surface area (Å²) < 4.78 is 24.7. The van der Waals surface area contributed by atoms with Gasteiger partial charge in [-0.15, -0.1) is 0 Å². The minimum Gasteiger partial charge on any atom is -0.490 e. The number of piperazine rings is 1. The second-order valence-corrected chi connectivity index (χ2v) is 9.02. The number of benzene rings is 3. The maximum atomic E-state index is 13.2. The topological polar surface area (TPSA) is 54.0 Å². The Balaban J connectivity index is 1.36. The number of anilines is 2. The molecule has 1 fully saturated rings. The Morgan fingerprint density at radius 2 is 1.75 bits per heavy atom. The van der Waals surface area contributed by atoms with Crippen LogP contribution in [0.15, 0.2) is 66.7 Å². The average molecular weight is 528 g/mol. The summed E-state index contributed by atoms with van der Waals surface area (Å²) >= 11 is 11.7. The van der Waals surface area contributed by atoms with Gasteiger partial charge >= 0.3 is 0 Å². The number of halogens is 2. The fraction of sp³-hybridized carbons (Fsp3) is 0.259. The molecule has 188 valence electrons. The lowest BCUT2D eigenvalue weighted by atomic mass is 10.1. The number of hydrogen-bond acceptors (Lipinski definition) is 5. The Bertz CT molecular complexity index is 1220. The largest absolute Gasteiger partial charge is 0.490 e. The Morgan fingerprint density at radius 3 is 2.44 bits per heavy atom. The molecule has 0 spiro atoms. The van der Waals surface area contributed by atoms with Gasteiger partial charge in [-0.1, -0.05) is 29.9 Å². The quantitative estimate of drug-likeness (QED) is 0.396. The third-order valence-corrected chi connectivity index (χ3v) is 6.45. The first-order valence-electron chi connectivity index (χ1n) is 11.7. The minimum atomic E-state index is -0.307. The highest BCUT2D eigenvalue weighted by atomic mass is 35.5. The van der Waals surface area contributed by atoms with Crippen molar-refractivity contribution in [2.45, 2.75) is 6.92 Å². The van der Waals surface area contributed by atoms with Gasteiger partial charge in [0.1, 0.15) is 10.8 Å². The molecule has 0 aromatic heterocycles. The maximum absolute atomic E-state index is 13.2. The number of carbonyl (C=O) groups excluding carboxylic acids is 1. The van der Waals surface area contributed by atoms with Crippen LogP contribution in [0.25, 0.3) is 0 Å². The number of nitrogens with one attached hydrogen (secondary N) is 1. The van der Waals surface area contributed by atoms with E-state index >= 15 is 0 Å². The molecule has 0 unspecified atom stereocenters. The Morgan fingerprint density at radius 1 is 1.00 bits per heavy atom. The Labute approximate surface area is 220 Å². The lowest BCUT2D eigenvalue weighted by Gasteiger charge is -2.37. The zero-order chi connectivity index (χ0) is 25.5. The monoisotopic (exact) mass is 527 g/mol. The van der Waals surface area contributed by atoms with Crippen molar-refractivity contribution >= 4 is 46.1 Å². The molecule has 1 amide bonds. The summed E-state index contributed by atoms with van der Waals surface area (Å²) in [6.45, 7) is 5.22. The molecule has 0 aliphatic carbocycles. The lowest BCUT2D eigenvalue weighted by Crippen LogP contribution is -2.48. The summed E-state index contributed by atoms with van der Waals surface area (Å²) in [5.74, 6) is 0.444. The van der Waals surface area contributed by atoms with Crippen molar-refractivity contribution in [3.8, 4) is 11.5 Å². The van der Waals surface area contributed by atoms with Gasteiger partial charge in [-0.3, -0.25) is 4.79 Å². The minimum absolute atomic E-state index is 0.179. The van der Waals surface area contributed by atoms with Crippen LogP contribution in [-0.4, -0.2) is 55.2 Å². The number of hydrogen-bond donors (Lipinski definition) is 1. The van der Waals surface area contributed by atoms with Crippen molar-refractivity contribution in [2.24, 2.45) is 0 Å². The van der Waals surface area contributed by atoms with E-state index in [0.717, 1.165) is 42.4 Å². The van der Waals surface area contributed by atoms with Crippen LogP contribution in [0.4, 0.5) is 15.8 Å². The molecule has 6 nitrogen and oxygen atoms in total. The van der Waals surface area contributed by atoms with Gasteiger partial charge in [0, 0.05) is 48.1 Å². The average Bonchev–Trinajstić information content (AvgIpc) is 2.88. The fourth-order valence-corrected chi connectivity index (χ4v) is 4.44. The molecule has 4 rings (SSSR count). The van der Waals surface area contributed by atoms with Crippen LogP contribution < -0.4 is 19.7 Å². The third-order valence-electron chi connectivity index (χ3n) is 5.72. The van der Waals surface area contributed by atoms with Crippen LogP contribution in [0.1, 0.15) is 12.5 Å². The number of ether oxygens (including phenoxy) is 2. The van der Waals surface area contributed by atoms with E-state index in [1.807, 2.05) is 19.1 Å². The molecule has 9 heteroatoms. The molecule has 3 aromatic rings.